The summed E-state index contributed by atoms with van der Waals surface area (Å²) in [7, 11) is 3.47. The van der Waals surface area contributed by atoms with Gasteiger partial charge in [0.25, 0.3) is 0 Å². The fourth-order valence-corrected chi connectivity index (χ4v) is 5.26. The van der Waals surface area contributed by atoms with Crippen LogP contribution in [0.3, 0.4) is 0 Å². The van der Waals surface area contributed by atoms with E-state index >= 15 is 0 Å². The van der Waals surface area contributed by atoms with E-state index in [1.54, 1.807) is 14.2 Å². The topological polar surface area (TPSA) is 60.1 Å². The van der Waals surface area contributed by atoms with Gasteiger partial charge in [0.2, 0.25) is 5.91 Å². The number of carbonyl (C=O) groups is 1. The van der Waals surface area contributed by atoms with Crippen molar-refractivity contribution in [3.05, 3.63) is 23.8 Å². The average Bonchev–Trinajstić information content (AvgIpc) is 3.40. The fraction of sp³-hybridized carbons (Fsp3) is 0.808. The van der Waals surface area contributed by atoms with Gasteiger partial charge in [-0.3, -0.25) is 4.79 Å². The summed E-state index contributed by atoms with van der Waals surface area (Å²) in [5.74, 6) is 1.36. The van der Waals surface area contributed by atoms with Gasteiger partial charge >= 0.3 is 0 Å². The van der Waals surface area contributed by atoms with Gasteiger partial charge in [-0.1, -0.05) is 45.9 Å². The van der Waals surface area contributed by atoms with Crippen molar-refractivity contribution in [2.45, 2.75) is 104 Å². The zero-order chi connectivity index (χ0) is 23.2. The van der Waals surface area contributed by atoms with Crippen molar-refractivity contribution in [1.29, 1.82) is 0 Å². The molecule has 1 amide bonds. The Morgan fingerprint density at radius 2 is 2.03 bits per heavy atom. The third-order valence-corrected chi connectivity index (χ3v) is 7.18. The quantitative estimate of drug-likeness (QED) is 0.364. The first kappa shape index (κ1) is 26.1. The lowest BCUT2D eigenvalue weighted by Crippen LogP contribution is -2.37. The molecule has 5 nitrogen and oxygen atoms in total. The van der Waals surface area contributed by atoms with Crippen molar-refractivity contribution in [2.24, 2.45) is 17.8 Å². The summed E-state index contributed by atoms with van der Waals surface area (Å²) < 4.78 is 18.0. The van der Waals surface area contributed by atoms with E-state index in [0.717, 1.165) is 25.7 Å². The molecule has 2 fully saturated rings. The Morgan fingerprint density at radius 3 is 2.65 bits per heavy atom. The summed E-state index contributed by atoms with van der Waals surface area (Å²) in [6.07, 6.45) is 11.7. The van der Waals surface area contributed by atoms with Gasteiger partial charge in [-0.05, 0) is 56.9 Å². The van der Waals surface area contributed by atoms with Gasteiger partial charge in [-0.25, -0.2) is 0 Å². The van der Waals surface area contributed by atoms with Crippen molar-refractivity contribution in [3.63, 3.8) is 0 Å². The SMILES string of the molecule is CC[C@H](OC)[C@@H](C)C1O[C@@]1(C)CC(C)/C=C/C=C(\C)[C@H]1O[C@@H](CC(=O)NC)CCC1C. The molecule has 0 aromatic heterocycles. The molecular formula is C26H45NO4. The second-order valence-corrected chi connectivity index (χ2v) is 9.98. The van der Waals surface area contributed by atoms with Crippen LogP contribution in [0, 0.1) is 17.8 Å². The van der Waals surface area contributed by atoms with E-state index in [1.807, 2.05) is 0 Å². The first-order valence-corrected chi connectivity index (χ1v) is 12.1. The van der Waals surface area contributed by atoms with E-state index in [0.29, 0.717) is 24.2 Å². The highest BCUT2D eigenvalue weighted by Crippen LogP contribution is 2.47. The van der Waals surface area contributed by atoms with E-state index in [-0.39, 0.29) is 35.9 Å². The van der Waals surface area contributed by atoms with Gasteiger partial charge in [0.05, 0.1) is 36.4 Å². The van der Waals surface area contributed by atoms with Crippen molar-refractivity contribution in [1.82, 2.24) is 5.32 Å². The molecule has 0 saturated carbocycles. The number of carbonyl (C=O) groups excluding carboxylic acids is 1. The van der Waals surface area contributed by atoms with E-state index < -0.39 is 0 Å². The highest BCUT2D eigenvalue weighted by atomic mass is 16.6. The molecular weight excluding hydrogens is 390 g/mol. The van der Waals surface area contributed by atoms with Crippen LogP contribution in [0.2, 0.25) is 0 Å². The molecule has 2 aliphatic rings. The smallest absolute Gasteiger partial charge is 0.222 e. The monoisotopic (exact) mass is 435 g/mol. The highest BCUT2D eigenvalue weighted by Gasteiger charge is 2.56. The minimum atomic E-state index is -0.0536. The second-order valence-electron chi connectivity index (χ2n) is 9.98. The third-order valence-electron chi connectivity index (χ3n) is 7.18. The molecule has 178 valence electrons. The number of allylic oxidation sites excluding steroid dienone is 3. The summed E-state index contributed by atoms with van der Waals surface area (Å²) in [6, 6.07) is 0. The molecule has 5 heteroatoms. The zero-order valence-corrected chi connectivity index (χ0v) is 20.9. The van der Waals surface area contributed by atoms with E-state index in [1.165, 1.54) is 5.57 Å². The van der Waals surface area contributed by atoms with Crippen LogP contribution in [-0.4, -0.2) is 50.1 Å². The highest BCUT2D eigenvalue weighted by molar-refractivity contribution is 5.76. The maximum absolute atomic E-state index is 11.7. The van der Waals surface area contributed by atoms with E-state index in [2.05, 4.69) is 65.1 Å². The minimum absolute atomic E-state index is 0.0114. The number of epoxide rings is 1. The standard InChI is InChI=1S/C26H45NO4/c1-9-22(29-8)20(5)25-26(6,31-25)16-17(2)11-10-12-18(3)24-19(4)13-14-21(30-24)15-23(28)27-7/h10-12,17,19-22,24-25H,9,13-16H2,1-8H3,(H,27,28)/b11-10+,18-12+/t17?,19?,20-,21-,22+,24-,25?,26+/m1/s1. The van der Waals surface area contributed by atoms with Crippen LogP contribution in [0.25, 0.3) is 0 Å². The van der Waals surface area contributed by atoms with Gasteiger partial charge in [-0.15, -0.1) is 0 Å². The molecule has 0 aliphatic carbocycles. The lowest BCUT2D eigenvalue weighted by atomic mass is 9.86. The van der Waals surface area contributed by atoms with Crippen LogP contribution in [0.4, 0.5) is 0 Å². The maximum atomic E-state index is 11.7. The minimum Gasteiger partial charge on any atom is -0.381 e. The number of amides is 1. The molecule has 1 N–H and O–H groups in total. The number of methoxy groups -OCH3 is 1. The Hall–Kier alpha value is -1.17. The lowest BCUT2D eigenvalue weighted by Gasteiger charge is -2.35. The van der Waals surface area contributed by atoms with Crippen LogP contribution in [0.1, 0.15) is 73.6 Å². The van der Waals surface area contributed by atoms with Gasteiger partial charge < -0.3 is 19.5 Å². The molecule has 0 aromatic rings. The molecule has 31 heavy (non-hydrogen) atoms. The molecule has 2 rings (SSSR count). The molecule has 0 radical (unpaired) electrons. The van der Waals surface area contributed by atoms with Gasteiger partial charge in [0.1, 0.15) is 0 Å². The predicted molar refractivity (Wildman–Crippen MR) is 126 cm³/mol. The Labute approximate surface area is 190 Å². The average molecular weight is 436 g/mol. The van der Waals surface area contributed by atoms with Crippen molar-refractivity contribution in [3.8, 4) is 0 Å². The number of hydrogen-bond acceptors (Lipinski definition) is 4. The Morgan fingerprint density at radius 1 is 1.32 bits per heavy atom. The van der Waals surface area contributed by atoms with Crippen LogP contribution >= 0.6 is 0 Å². The molecule has 0 aromatic carbocycles. The maximum Gasteiger partial charge on any atom is 0.222 e. The largest absolute Gasteiger partial charge is 0.381 e. The second kappa shape index (κ2) is 11.6. The number of ether oxygens (including phenoxy) is 3. The number of hydrogen-bond donors (Lipinski definition) is 1. The molecule has 8 atom stereocenters. The Kier molecular flexibility index (Phi) is 9.78. The molecule has 0 spiro atoms. The molecule has 2 aliphatic heterocycles. The van der Waals surface area contributed by atoms with Gasteiger partial charge in [0.15, 0.2) is 0 Å². The summed E-state index contributed by atoms with van der Waals surface area (Å²) >= 11 is 0. The van der Waals surface area contributed by atoms with Gasteiger partial charge in [0, 0.05) is 20.1 Å². The summed E-state index contributed by atoms with van der Waals surface area (Å²) in [5, 5.41) is 2.70. The first-order chi connectivity index (χ1) is 14.6. The Bertz CT molecular complexity index is 641. The predicted octanol–water partition coefficient (Wildman–Crippen LogP) is 5.05. The van der Waals surface area contributed by atoms with E-state index in [9.17, 15) is 4.79 Å². The number of nitrogens with one attached hydrogen (secondary N) is 1. The number of rotatable bonds is 11. The van der Waals surface area contributed by atoms with E-state index in [4.69, 9.17) is 14.2 Å². The van der Waals surface area contributed by atoms with Crippen LogP contribution in [0.5, 0.6) is 0 Å². The van der Waals surface area contributed by atoms with Crippen LogP contribution in [-0.2, 0) is 19.0 Å². The van der Waals surface area contributed by atoms with Crippen molar-refractivity contribution < 1.29 is 19.0 Å². The molecule has 2 heterocycles. The third kappa shape index (κ3) is 7.16. The van der Waals surface area contributed by atoms with Crippen LogP contribution < -0.4 is 5.32 Å². The zero-order valence-electron chi connectivity index (χ0n) is 20.9. The summed E-state index contributed by atoms with van der Waals surface area (Å²) in [5.41, 5.74) is 1.17. The van der Waals surface area contributed by atoms with Crippen molar-refractivity contribution in [2.75, 3.05) is 14.2 Å². The Balaban J connectivity index is 1.87. The van der Waals surface area contributed by atoms with Crippen molar-refractivity contribution >= 4 is 5.91 Å². The first-order valence-electron chi connectivity index (χ1n) is 12.1. The molecule has 3 unspecified atom stereocenters. The fourth-order valence-electron chi connectivity index (χ4n) is 5.26. The lowest BCUT2D eigenvalue weighted by molar-refractivity contribution is -0.127. The summed E-state index contributed by atoms with van der Waals surface area (Å²) in [6.45, 7) is 13.3. The molecule has 2 saturated heterocycles. The molecule has 0 bridgehead atoms. The summed E-state index contributed by atoms with van der Waals surface area (Å²) in [4.78, 5) is 11.7. The van der Waals surface area contributed by atoms with Gasteiger partial charge in [-0.2, -0.15) is 0 Å². The van der Waals surface area contributed by atoms with Crippen LogP contribution in [0.15, 0.2) is 23.8 Å². The normalized spacial score (nSPS) is 34.4.